The SMILES string of the molecule is COc1ccc(C(=O)c2ccc(C)cc2Br)cc1C. The highest BCUT2D eigenvalue weighted by Gasteiger charge is 2.13. The standard InChI is InChI=1S/C16H15BrO2/c1-10-4-6-13(14(17)8-10)16(18)12-5-7-15(19-3)11(2)9-12/h4-9H,1-3H3. The molecule has 2 aromatic carbocycles. The Bertz CT molecular complexity index is 633. The smallest absolute Gasteiger partial charge is 0.194 e. The summed E-state index contributed by atoms with van der Waals surface area (Å²) in [5.74, 6) is 0.803. The molecule has 19 heavy (non-hydrogen) atoms. The van der Waals surface area contributed by atoms with Crippen molar-refractivity contribution in [1.29, 1.82) is 0 Å². The summed E-state index contributed by atoms with van der Waals surface area (Å²) in [5, 5.41) is 0. The zero-order valence-electron chi connectivity index (χ0n) is 11.2. The monoisotopic (exact) mass is 318 g/mol. The first-order valence-electron chi connectivity index (χ1n) is 5.98. The minimum absolute atomic E-state index is 0.0117. The van der Waals surface area contributed by atoms with Crippen LogP contribution in [0.5, 0.6) is 5.75 Å². The Labute approximate surface area is 121 Å². The Kier molecular flexibility index (Phi) is 4.05. The van der Waals surface area contributed by atoms with Crippen LogP contribution >= 0.6 is 15.9 Å². The van der Waals surface area contributed by atoms with Crippen LogP contribution < -0.4 is 4.74 Å². The molecular formula is C16H15BrO2. The minimum atomic E-state index is 0.0117. The summed E-state index contributed by atoms with van der Waals surface area (Å²) < 4.78 is 6.03. The van der Waals surface area contributed by atoms with Gasteiger partial charge in [-0.15, -0.1) is 0 Å². The van der Waals surface area contributed by atoms with Crippen molar-refractivity contribution in [2.45, 2.75) is 13.8 Å². The lowest BCUT2D eigenvalue weighted by Crippen LogP contribution is -2.03. The van der Waals surface area contributed by atoms with Gasteiger partial charge in [0.2, 0.25) is 0 Å². The maximum absolute atomic E-state index is 12.5. The molecule has 0 saturated carbocycles. The summed E-state index contributed by atoms with van der Waals surface area (Å²) in [6.45, 7) is 3.93. The van der Waals surface area contributed by atoms with Crippen molar-refractivity contribution >= 4 is 21.7 Å². The fraction of sp³-hybridized carbons (Fsp3) is 0.188. The van der Waals surface area contributed by atoms with E-state index in [-0.39, 0.29) is 5.78 Å². The molecular weight excluding hydrogens is 304 g/mol. The summed E-state index contributed by atoms with van der Waals surface area (Å²) in [7, 11) is 1.63. The van der Waals surface area contributed by atoms with Gasteiger partial charge in [0.15, 0.2) is 5.78 Å². The van der Waals surface area contributed by atoms with E-state index >= 15 is 0 Å². The van der Waals surface area contributed by atoms with Crippen LogP contribution in [0.4, 0.5) is 0 Å². The third-order valence-electron chi connectivity index (χ3n) is 3.03. The second kappa shape index (κ2) is 5.57. The largest absolute Gasteiger partial charge is 0.496 e. The summed E-state index contributed by atoms with van der Waals surface area (Å²) >= 11 is 3.45. The van der Waals surface area contributed by atoms with Gasteiger partial charge < -0.3 is 4.74 Å². The van der Waals surface area contributed by atoms with Crippen molar-refractivity contribution in [3.8, 4) is 5.75 Å². The molecule has 2 nitrogen and oxygen atoms in total. The lowest BCUT2D eigenvalue weighted by atomic mass is 10.0. The molecule has 3 heteroatoms. The number of benzene rings is 2. The van der Waals surface area contributed by atoms with E-state index in [1.165, 1.54) is 0 Å². The first kappa shape index (κ1) is 13.8. The van der Waals surface area contributed by atoms with Gasteiger partial charge in [-0.3, -0.25) is 4.79 Å². The van der Waals surface area contributed by atoms with Crippen LogP contribution in [-0.4, -0.2) is 12.9 Å². The molecule has 0 bridgehead atoms. The molecule has 0 aromatic heterocycles. The minimum Gasteiger partial charge on any atom is -0.496 e. The zero-order valence-corrected chi connectivity index (χ0v) is 12.7. The van der Waals surface area contributed by atoms with Gasteiger partial charge in [0.05, 0.1) is 7.11 Å². The fourth-order valence-electron chi connectivity index (χ4n) is 1.98. The average Bonchev–Trinajstić information content (AvgIpc) is 2.38. The zero-order chi connectivity index (χ0) is 14.0. The van der Waals surface area contributed by atoms with Crippen molar-refractivity contribution in [2.75, 3.05) is 7.11 Å². The predicted molar refractivity (Wildman–Crippen MR) is 80.0 cm³/mol. The van der Waals surface area contributed by atoms with Gasteiger partial charge in [0.1, 0.15) is 5.75 Å². The number of rotatable bonds is 3. The fourth-order valence-corrected chi connectivity index (χ4v) is 2.65. The summed E-state index contributed by atoms with van der Waals surface area (Å²) in [6.07, 6.45) is 0. The van der Waals surface area contributed by atoms with Crippen molar-refractivity contribution in [1.82, 2.24) is 0 Å². The van der Waals surface area contributed by atoms with Gasteiger partial charge in [0.25, 0.3) is 0 Å². The van der Waals surface area contributed by atoms with Crippen molar-refractivity contribution in [3.05, 3.63) is 63.1 Å². The molecule has 98 valence electrons. The molecule has 0 saturated heterocycles. The molecule has 0 aliphatic rings. The molecule has 0 heterocycles. The molecule has 2 rings (SSSR count). The third kappa shape index (κ3) is 2.87. The average molecular weight is 319 g/mol. The number of ether oxygens (including phenoxy) is 1. The van der Waals surface area contributed by atoms with E-state index in [0.717, 1.165) is 21.3 Å². The van der Waals surface area contributed by atoms with E-state index in [0.29, 0.717) is 11.1 Å². The number of hydrogen-bond acceptors (Lipinski definition) is 2. The molecule has 0 amide bonds. The van der Waals surface area contributed by atoms with Gasteiger partial charge in [-0.25, -0.2) is 0 Å². The number of carbonyl (C=O) groups is 1. The number of methoxy groups -OCH3 is 1. The molecule has 0 aliphatic carbocycles. The van der Waals surface area contributed by atoms with Crippen LogP contribution in [-0.2, 0) is 0 Å². The Morgan fingerprint density at radius 3 is 2.42 bits per heavy atom. The normalized spacial score (nSPS) is 10.3. The van der Waals surface area contributed by atoms with E-state index in [2.05, 4.69) is 15.9 Å². The predicted octanol–water partition coefficient (Wildman–Crippen LogP) is 4.31. The molecule has 2 aromatic rings. The van der Waals surface area contributed by atoms with Crippen LogP contribution in [0.1, 0.15) is 27.0 Å². The number of carbonyl (C=O) groups excluding carboxylic acids is 1. The highest BCUT2D eigenvalue weighted by molar-refractivity contribution is 9.10. The maximum Gasteiger partial charge on any atom is 0.194 e. The topological polar surface area (TPSA) is 26.3 Å². The highest BCUT2D eigenvalue weighted by atomic mass is 79.9. The lowest BCUT2D eigenvalue weighted by Gasteiger charge is -2.08. The summed E-state index contributed by atoms with van der Waals surface area (Å²) in [6, 6.07) is 11.2. The van der Waals surface area contributed by atoms with Crippen molar-refractivity contribution in [3.63, 3.8) is 0 Å². The van der Waals surface area contributed by atoms with Crippen LogP contribution in [0.3, 0.4) is 0 Å². The highest BCUT2D eigenvalue weighted by Crippen LogP contribution is 2.24. The number of halogens is 1. The molecule has 0 spiro atoms. The Morgan fingerprint density at radius 1 is 1.11 bits per heavy atom. The Hall–Kier alpha value is -1.61. The van der Waals surface area contributed by atoms with Gasteiger partial charge in [0, 0.05) is 15.6 Å². The van der Waals surface area contributed by atoms with E-state index in [4.69, 9.17) is 4.74 Å². The van der Waals surface area contributed by atoms with Crippen LogP contribution in [0.15, 0.2) is 40.9 Å². The van der Waals surface area contributed by atoms with E-state index in [1.807, 2.05) is 44.2 Å². The van der Waals surface area contributed by atoms with Crippen LogP contribution in [0.2, 0.25) is 0 Å². The molecule has 0 radical (unpaired) electrons. The molecule has 0 unspecified atom stereocenters. The third-order valence-corrected chi connectivity index (χ3v) is 3.68. The van der Waals surface area contributed by atoms with Crippen molar-refractivity contribution in [2.24, 2.45) is 0 Å². The lowest BCUT2D eigenvalue weighted by molar-refractivity contribution is 0.103. The second-order valence-corrected chi connectivity index (χ2v) is 5.35. The van der Waals surface area contributed by atoms with Gasteiger partial charge in [-0.05, 0) is 55.3 Å². The Morgan fingerprint density at radius 2 is 1.84 bits per heavy atom. The van der Waals surface area contributed by atoms with Gasteiger partial charge in [-0.2, -0.15) is 0 Å². The molecule has 0 fully saturated rings. The Balaban J connectivity index is 2.41. The molecule has 0 aliphatic heterocycles. The first-order valence-corrected chi connectivity index (χ1v) is 6.77. The summed E-state index contributed by atoms with van der Waals surface area (Å²) in [5.41, 5.74) is 3.42. The maximum atomic E-state index is 12.5. The second-order valence-electron chi connectivity index (χ2n) is 4.50. The first-order chi connectivity index (χ1) is 9.02. The van der Waals surface area contributed by atoms with Crippen LogP contribution in [0.25, 0.3) is 0 Å². The van der Waals surface area contributed by atoms with E-state index < -0.39 is 0 Å². The number of ketones is 1. The molecule has 0 N–H and O–H groups in total. The van der Waals surface area contributed by atoms with Gasteiger partial charge in [-0.1, -0.05) is 22.0 Å². The quantitative estimate of drug-likeness (QED) is 0.788. The van der Waals surface area contributed by atoms with E-state index in [9.17, 15) is 4.79 Å². The number of aryl methyl sites for hydroxylation is 2. The van der Waals surface area contributed by atoms with E-state index in [1.54, 1.807) is 13.2 Å². The van der Waals surface area contributed by atoms with Crippen molar-refractivity contribution < 1.29 is 9.53 Å². The molecule has 0 atom stereocenters. The van der Waals surface area contributed by atoms with Gasteiger partial charge >= 0.3 is 0 Å². The van der Waals surface area contributed by atoms with Crippen LogP contribution in [0, 0.1) is 13.8 Å². The number of hydrogen-bond donors (Lipinski definition) is 0. The summed E-state index contributed by atoms with van der Waals surface area (Å²) in [4.78, 5) is 12.5.